The Morgan fingerprint density at radius 3 is 2.71 bits per heavy atom. The molecule has 4 rings (SSSR count). The summed E-state index contributed by atoms with van der Waals surface area (Å²) in [5.74, 6) is -2.58. The summed E-state index contributed by atoms with van der Waals surface area (Å²) in [4.78, 5) is 15.1. The number of fused-ring (bicyclic) bond motifs is 5. The van der Waals surface area contributed by atoms with Crippen molar-refractivity contribution in [1.82, 2.24) is 4.98 Å². The topological polar surface area (TPSA) is 44.9 Å². The largest absolute Gasteiger partial charge is 0.354 e. The van der Waals surface area contributed by atoms with Crippen LogP contribution in [0.4, 0.5) is 18.9 Å². The number of aromatic nitrogens is 1. The number of rotatable bonds is 0. The van der Waals surface area contributed by atoms with Gasteiger partial charge in [-0.1, -0.05) is 11.6 Å². The highest BCUT2D eigenvalue weighted by Gasteiger charge is 2.34. The Labute approximate surface area is 148 Å². The van der Waals surface area contributed by atoms with Gasteiger partial charge < -0.3 is 10.3 Å². The van der Waals surface area contributed by atoms with Crippen molar-refractivity contribution in [3.05, 3.63) is 50.6 Å². The van der Waals surface area contributed by atoms with E-state index in [1.54, 1.807) is 34.7 Å². The summed E-state index contributed by atoms with van der Waals surface area (Å²) >= 11 is 1.55. The predicted molar refractivity (Wildman–Crippen MR) is 93.6 cm³/mol. The molecule has 3 nitrogen and oxygen atoms in total. The molecule has 0 radical (unpaired) electrons. The maximum absolute atomic E-state index is 14.8. The normalized spacial score (nSPS) is 16.5. The molecule has 0 bridgehead atoms. The van der Waals surface area contributed by atoms with Gasteiger partial charge in [0.1, 0.15) is 5.82 Å². The Hall–Kier alpha value is -2.03. The van der Waals surface area contributed by atoms with E-state index in [4.69, 9.17) is 0 Å². The first-order chi connectivity index (χ1) is 11.4. The number of alkyl halides is 1. The summed E-state index contributed by atoms with van der Waals surface area (Å²) in [5, 5.41) is 2.79. The maximum atomic E-state index is 14.8. The molecular formula is C17H10F3IN2O. The van der Waals surface area contributed by atoms with Crippen molar-refractivity contribution in [2.24, 2.45) is 0 Å². The average Bonchev–Trinajstić information content (AvgIpc) is 2.85. The standard InChI is InChI=1S/C17H10F3IN2O/c1-6-2-3-9-7(4-6)11-14(20)17(24)23-10-5-8(18)15(21)13(19)12(10)16(11)22-9/h2-5,14,22H,1H3,(H,23,24). The Morgan fingerprint density at radius 2 is 1.96 bits per heavy atom. The molecule has 1 amide bonds. The molecule has 0 spiro atoms. The van der Waals surface area contributed by atoms with Crippen molar-refractivity contribution >= 4 is 45.1 Å². The van der Waals surface area contributed by atoms with Gasteiger partial charge in [0.2, 0.25) is 6.17 Å². The van der Waals surface area contributed by atoms with Crippen molar-refractivity contribution < 1.29 is 18.0 Å². The number of aromatic amines is 1. The quantitative estimate of drug-likeness (QED) is 0.374. The van der Waals surface area contributed by atoms with Crippen LogP contribution in [0.15, 0.2) is 24.3 Å². The van der Waals surface area contributed by atoms with Crippen LogP contribution in [0.25, 0.3) is 22.2 Å². The van der Waals surface area contributed by atoms with Gasteiger partial charge in [0.15, 0.2) is 5.82 Å². The van der Waals surface area contributed by atoms with E-state index in [0.29, 0.717) is 10.9 Å². The van der Waals surface area contributed by atoms with E-state index in [-0.39, 0.29) is 26.1 Å². The van der Waals surface area contributed by atoms with Crippen LogP contribution in [0.5, 0.6) is 0 Å². The lowest BCUT2D eigenvalue weighted by atomic mass is 10.0. The van der Waals surface area contributed by atoms with Crippen LogP contribution in [0.3, 0.4) is 0 Å². The van der Waals surface area contributed by atoms with Gasteiger partial charge in [-0.05, 0) is 47.7 Å². The van der Waals surface area contributed by atoms with Crippen LogP contribution < -0.4 is 5.32 Å². The molecule has 0 saturated carbocycles. The zero-order valence-corrected chi connectivity index (χ0v) is 14.5. The zero-order chi connectivity index (χ0) is 17.2. The fraction of sp³-hybridized carbons (Fsp3) is 0.118. The lowest BCUT2D eigenvalue weighted by molar-refractivity contribution is -0.120. The van der Waals surface area contributed by atoms with Crippen LogP contribution in [0.1, 0.15) is 17.3 Å². The fourth-order valence-corrected chi connectivity index (χ4v) is 3.48. The van der Waals surface area contributed by atoms with Crippen molar-refractivity contribution in [3.8, 4) is 11.3 Å². The number of benzene rings is 2. The monoisotopic (exact) mass is 442 g/mol. The number of halogens is 4. The SMILES string of the molecule is Cc1ccc2[nH]c3c(c2c1)C(F)C(=O)Nc1cc(F)c(I)c(F)c1-3. The molecule has 1 aromatic heterocycles. The van der Waals surface area contributed by atoms with Gasteiger partial charge in [0.05, 0.1) is 20.5 Å². The first-order valence-corrected chi connectivity index (χ1v) is 8.21. The Balaban J connectivity index is 2.17. The molecule has 3 aromatic rings. The summed E-state index contributed by atoms with van der Waals surface area (Å²) < 4.78 is 43.1. The van der Waals surface area contributed by atoms with Crippen molar-refractivity contribution in [2.75, 3.05) is 5.32 Å². The lowest BCUT2D eigenvalue weighted by Gasteiger charge is -2.10. The number of anilines is 1. The maximum Gasteiger partial charge on any atom is 0.263 e. The fourth-order valence-electron chi connectivity index (χ4n) is 3.05. The molecule has 1 atom stereocenters. The van der Waals surface area contributed by atoms with Gasteiger partial charge in [0, 0.05) is 16.5 Å². The molecule has 2 N–H and O–H groups in total. The second kappa shape index (κ2) is 5.23. The van der Waals surface area contributed by atoms with Gasteiger partial charge in [-0.2, -0.15) is 0 Å². The van der Waals surface area contributed by atoms with Gasteiger partial charge in [-0.15, -0.1) is 0 Å². The number of carbonyl (C=O) groups excluding carboxylic acids is 1. The van der Waals surface area contributed by atoms with Crippen molar-refractivity contribution in [2.45, 2.75) is 13.1 Å². The summed E-state index contributed by atoms with van der Waals surface area (Å²) in [7, 11) is 0. The number of carbonyl (C=O) groups is 1. The van der Waals surface area contributed by atoms with E-state index >= 15 is 0 Å². The second-order valence-electron chi connectivity index (χ2n) is 5.72. The predicted octanol–water partition coefficient (Wildman–Crippen LogP) is 4.99. The van der Waals surface area contributed by atoms with Gasteiger partial charge >= 0.3 is 0 Å². The van der Waals surface area contributed by atoms with Gasteiger partial charge in [0.25, 0.3) is 5.91 Å². The lowest BCUT2D eigenvalue weighted by Crippen LogP contribution is -2.16. The van der Waals surface area contributed by atoms with Crippen molar-refractivity contribution in [3.63, 3.8) is 0 Å². The smallest absolute Gasteiger partial charge is 0.263 e. The van der Waals surface area contributed by atoms with Crippen LogP contribution >= 0.6 is 22.6 Å². The third kappa shape index (κ3) is 2.07. The summed E-state index contributed by atoms with van der Waals surface area (Å²) in [5.41, 5.74) is 1.60. The molecule has 7 heteroatoms. The number of H-pyrrole nitrogens is 1. The highest BCUT2D eigenvalue weighted by Crippen LogP contribution is 2.44. The number of aryl methyl sites for hydroxylation is 1. The van der Waals surface area contributed by atoms with Crippen LogP contribution in [0.2, 0.25) is 0 Å². The Morgan fingerprint density at radius 1 is 1.21 bits per heavy atom. The molecule has 24 heavy (non-hydrogen) atoms. The van der Waals surface area contributed by atoms with Crippen LogP contribution in [0, 0.1) is 22.1 Å². The van der Waals surface area contributed by atoms with Gasteiger partial charge in [-0.25, -0.2) is 13.2 Å². The molecule has 0 aliphatic carbocycles. The molecule has 0 fully saturated rings. The third-order valence-electron chi connectivity index (χ3n) is 4.15. The molecule has 2 heterocycles. The van der Waals surface area contributed by atoms with Crippen LogP contribution in [-0.2, 0) is 4.79 Å². The number of hydrogen-bond donors (Lipinski definition) is 2. The van der Waals surface area contributed by atoms with E-state index < -0.39 is 23.7 Å². The van der Waals surface area contributed by atoms with E-state index in [9.17, 15) is 18.0 Å². The third-order valence-corrected chi connectivity index (χ3v) is 5.14. The molecule has 2 aromatic carbocycles. The molecule has 122 valence electrons. The number of nitrogens with one attached hydrogen (secondary N) is 2. The molecule has 1 aliphatic heterocycles. The van der Waals surface area contributed by atoms with Gasteiger partial charge in [-0.3, -0.25) is 4.79 Å². The van der Waals surface area contributed by atoms with Crippen LogP contribution in [-0.4, -0.2) is 10.9 Å². The van der Waals surface area contributed by atoms with E-state index in [0.717, 1.165) is 11.6 Å². The minimum Gasteiger partial charge on any atom is -0.354 e. The minimum atomic E-state index is -1.98. The van der Waals surface area contributed by atoms with E-state index in [1.807, 2.05) is 13.0 Å². The Kier molecular flexibility index (Phi) is 3.38. The summed E-state index contributed by atoms with van der Waals surface area (Å²) in [6.45, 7) is 1.84. The summed E-state index contributed by atoms with van der Waals surface area (Å²) in [6, 6.07) is 6.33. The van der Waals surface area contributed by atoms with E-state index in [2.05, 4.69) is 10.3 Å². The first-order valence-electron chi connectivity index (χ1n) is 7.13. The van der Waals surface area contributed by atoms with Crippen molar-refractivity contribution in [1.29, 1.82) is 0 Å². The highest BCUT2D eigenvalue weighted by molar-refractivity contribution is 14.1. The number of hydrogen-bond acceptors (Lipinski definition) is 1. The number of amides is 1. The Bertz CT molecular complexity index is 1030. The molecular weight excluding hydrogens is 432 g/mol. The zero-order valence-electron chi connectivity index (χ0n) is 12.3. The second-order valence-corrected chi connectivity index (χ2v) is 6.80. The molecule has 0 saturated heterocycles. The summed E-state index contributed by atoms with van der Waals surface area (Å²) in [6.07, 6.45) is -1.98. The first kappa shape index (κ1) is 15.5. The average molecular weight is 442 g/mol. The highest BCUT2D eigenvalue weighted by atomic mass is 127. The minimum absolute atomic E-state index is 0.0295. The van der Waals surface area contributed by atoms with E-state index in [1.165, 1.54) is 0 Å². The molecule has 1 unspecified atom stereocenters. The molecule has 1 aliphatic rings.